The molecule has 0 radical (unpaired) electrons. The van der Waals surface area contributed by atoms with Crippen LogP contribution in [0.4, 0.5) is 11.4 Å². The molecule has 0 amide bonds. The minimum absolute atomic E-state index is 0.0267. The second kappa shape index (κ2) is 6.35. The molecule has 0 aliphatic carbocycles. The highest BCUT2D eigenvalue weighted by Gasteiger charge is 2.22. The number of hydrogen-bond donors (Lipinski definition) is 2. The molecule has 3 aromatic heterocycles. The maximum atomic E-state index is 12.8. The molecule has 4 heterocycles. The molecule has 8 nitrogen and oxygen atoms in total. The maximum Gasteiger partial charge on any atom is 0.281 e. The predicted octanol–water partition coefficient (Wildman–Crippen LogP) is 2.76. The number of nitrogens with zero attached hydrogens (tertiary/aromatic N) is 4. The van der Waals surface area contributed by atoms with Crippen LogP contribution in [0.1, 0.15) is 5.56 Å². The third-order valence-electron chi connectivity index (χ3n) is 5.31. The van der Waals surface area contributed by atoms with E-state index in [-0.39, 0.29) is 5.03 Å². The molecule has 0 saturated carbocycles. The summed E-state index contributed by atoms with van der Waals surface area (Å²) in [7, 11) is -0.0495. The largest absolute Gasteiger partial charge is 0.374 e. The van der Waals surface area contributed by atoms with Crippen LogP contribution in [0, 0.1) is 0 Å². The number of rotatable bonds is 4. The molecule has 0 spiro atoms. The fourth-order valence-corrected chi connectivity index (χ4v) is 4.85. The predicted molar refractivity (Wildman–Crippen MR) is 113 cm³/mol. The number of sulfonamides is 1. The standard InChI is InChI=1S/C20H20N6O2S/c1-25-9-6-13-3-4-14(11-17(13)25)15-12-22-20-19(15)16(5-8-21-20)24-29(27,28)18-7-10-26(2)23-18/h3-5,7-8,10-12H,6,9H2,1-2H3,(H2,21,22,24). The van der Waals surface area contributed by atoms with Crippen molar-refractivity contribution in [2.45, 2.75) is 11.4 Å². The van der Waals surface area contributed by atoms with Crippen LogP contribution >= 0.6 is 0 Å². The first-order valence-corrected chi connectivity index (χ1v) is 10.7. The Bertz CT molecular complexity index is 1340. The number of aryl methyl sites for hydroxylation is 1. The van der Waals surface area contributed by atoms with Crippen LogP contribution in [0.3, 0.4) is 0 Å². The molecule has 0 bridgehead atoms. The van der Waals surface area contributed by atoms with Crippen molar-refractivity contribution in [3.05, 3.63) is 54.5 Å². The van der Waals surface area contributed by atoms with E-state index in [9.17, 15) is 8.42 Å². The van der Waals surface area contributed by atoms with Crippen LogP contribution in [-0.4, -0.2) is 41.8 Å². The molecule has 0 saturated heterocycles. The Labute approximate surface area is 168 Å². The normalized spacial score (nSPS) is 13.8. The van der Waals surface area contributed by atoms with E-state index in [1.165, 1.54) is 22.0 Å². The van der Waals surface area contributed by atoms with Gasteiger partial charge in [-0.05, 0) is 35.7 Å². The molecular formula is C20H20N6O2S. The Morgan fingerprint density at radius 2 is 2.03 bits per heavy atom. The van der Waals surface area contributed by atoms with Gasteiger partial charge in [-0.25, -0.2) is 4.98 Å². The van der Waals surface area contributed by atoms with Gasteiger partial charge in [-0.3, -0.25) is 9.40 Å². The van der Waals surface area contributed by atoms with E-state index in [0.29, 0.717) is 11.3 Å². The van der Waals surface area contributed by atoms with Crippen molar-refractivity contribution in [2.24, 2.45) is 7.05 Å². The number of aromatic nitrogens is 4. The van der Waals surface area contributed by atoms with Crippen molar-refractivity contribution in [1.82, 2.24) is 19.7 Å². The van der Waals surface area contributed by atoms with Gasteiger partial charge < -0.3 is 9.88 Å². The summed E-state index contributed by atoms with van der Waals surface area (Å²) in [4.78, 5) is 9.75. The summed E-state index contributed by atoms with van der Waals surface area (Å²) in [5.74, 6) is 0. The molecule has 1 aliphatic heterocycles. The second-order valence-electron chi connectivity index (χ2n) is 7.23. The van der Waals surface area contributed by atoms with E-state index >= 15 is 0 Å². The number of likely N-dealkylation sites (N-methyl/N-ethyl adjacent to an activating group) is 1. The summed E-state index contributed by atoms with van der Waals surface area (Å²) >= 11 is 0. The van der Waals surface area contributed by atoms with Crippen molar-refractivity contribution in [1.29, 1.82) is 0 Å². The fraction of sp³-hybridized carbons (Fsp3) is 0.200. The number of benzene rings is 1. The molecule has 9 heteroatoms. The molecule has 5 rings (SSSR count). The summed E-state index contributed by atoms with van der Waals surface area (Å²) in [6.45, 7) is 1.00. The summed E-state index contributed by atoms with van der Waals surface area (Å²) in [6, 6.07) is 9.50. The Morgan fingerprint density at radius 1 is 1.17 bits per heavy atom. The molecule has 29 heavy (non-hydrogen) atoms. The van der Waals surface area contributed by atoms with Crippen LogP contribution < -0.4 is 9.62 Å². The van der Waals surface area contributed by atoms with Gasteiger partial charge in [0.15, 0.2) is 5.03 Å². The molecule has 148 valence electrons. The number of pyridine rings is 1. The van der Waals surface area contributed by atoms with Crippen LogP contribution in [0.15, 0.2) is 53.9 Å². The zero-order valence-electron chi connectivity index (χ0n) is 16.0. The zero-order valence-corrected chi connectivity index (χ0v) is 16.9. The van der Waals surface area contributed by atoms with Crippen molar-refractivity contribution < 1.29 is 8.42 Å². The first-order valence-electron chi connectivity index (χ1n) is 9.25. The third kappa shape index (κ3) is 2.94. The average Bonchev–Trinajstić information content (AvgIpc) is 3.41. The highest BCUT2D eigenvalue weighted by molar-refractivity contribution is 7.92. The molecule has 2 N–H and O–H groups in total. The minimum Gasteiger partial charge on any atom is -0.374 e. The lowest BCUT2D eigenvalue weighted by molar-refractivity contribution is 0.593. The molecule has 0 atom stereocenters. The molecular weight excluding hydrogens is 388 g/mol. The Balaban J connectivity index is 1.62. The van der Waals surface area contributed by atoms with Crippen molar-refractivity contribution in [2.75, 3.05) is 23.2 Å². The minimum atomic E-state index is -3.81. The summed E-state index contributed by atoms with van der Waals surface area (Å²) in [6.07, 6.45) is 6.08. The van der Waals surface area contributed by atoms with Crippen LogP contribution in [0.2, 0.25) is 0 Å². The Kier molecular flexibility index (Phi) is 3.88. The number of aromatic amines is 1. The van der Waals surface area contributed by atoms with E-state index < -0.39 is 10.0 Å². The van der Waals surface area contributed by atoms with E-state index in [0.717, 1.165) is 29.5 Å². The topological polar surface area (TPSA) is 95.9 Å². The lowest BCUT2D eigenvalue weighted by Gasteiger charge is -2.13. The van der Waals surface area contributed by atoms with Crippen molar-refractivity contribution >= 4 is 32.4 Å². The molecule has 0 unspecified atom stereocenters. The van der Waals surface area contributed by atoms with Gasteiger partial charge in [-0.1, -0.05) is 12.1 Å². The molecule has 4 aromatic rings. The van der Waals surface area contributed by atoms with Gasteiger partial charge in [0.1, 0.15) is 5.65 Å². The number of nitrogens with one attached hydrogen (secondary N) is 2. The van der Waals surface area contributed by atoms with Gasteiger partial charge in [-0.15, -0.1) is 0 Å². The quantitative estimate of drug-likeness (QED) is 0.541. The second-order valence-corrected chi connectivity index (χ2v) is 8.86. The smallest absolute Gasteiger partial charge is 0.281 e. The summed E-state index contributed by atoms with van der Waals surface area (Å²) < 4.78 is 29.7. The first kappa shape index (κ1) is 17.7. The zero-order chi connectivity index (χ0) is 20.2. The summed E-state index contributed by atoms with van der Waals surface area (Å²) in [5, 5.41) is 4.71. The first-order chi connectivity index (χ1) is 13.9. The molecule has 0 fully saturated rings. The number of anilines is 2. The van der Waals surface area contributed by atoms with Crippen molar-refractivity contribution in [3.8, 4) is 11.1 Å². The highest BCUT2D eigenvalue weighted by Crippen LogP contribution is 2.37. The van der Waals surface area contributed by atoms with Gasteiger partial charge >= 0.3 is 0 Å². The highest BCUT2D eigenvalue weighted by atomic mass is 32.2. The number of fused-ring (bicyclic) bond motifs is 2. The van der Waals surface area contributed by atoms with Gasteiger partial charge in [0.2, 0.25) is 0 Å². The van der Waals surface area contributed by atoms with Gasteiger partial charge in [0, 0.05) is 50.5 Å². The lowest BCUT2D eigenvalue weighted by Crippen LogP contribution is -2.14. The summed E-state index contributed by atoms with van der Waals surface area (Å²) in [5.41, 5.74) is 5.52. The fourth-order valence-electron chi connectivity index (χ4n) is 3.81. The number of hydrogen-bond acceptors (Lipinski definition) is 5. The Morgan fingerprint density at radius 3 is 2.83 bits per heavy atom. The molecule has 1 aromatic carbocycles. The van der Waals surface area contributed by atoms with Crippen LogP contribution in [0.5, 0.6) is 0 Å². The lowest BCUT2D eigenvalue weighted by atomic mass is 10.0. The Hall–Kier alpha value is -3.33. The monoisotopic (exact) mass is 408 g/mol. The van der Waals surface area contributed by atoms with E-state index in [2.05, 4.69) is 49.9 Å². The molecule has 1 aliphatic rings. The van der Waals surface area contributed by atoms with Crippen LogP contribution in [-0.2, 0) is 23.5 Å². The van der Waals surface area contributed by atoms with Gasteiger partial charge in [0.25, 0.3) is 10.0 Å². The van der Waals surface area contributed by atoms with Gasteiger partial charge in [-0.2, -0.15) is 13.5 Å². The number of H-pyrrole nitrogens is 1. The van der Waals surface area contributed by atoms with Gasteiger partial charge in [0.05, 0.1) is 11.1 Å². The van der Waals surface area contributed by atoms with E-state index in [4.69, 9.17) is 0 Å². The SMILES string of the molecule is CN1CCc2ccc(-c3c[nH]c4nccc(NS(=O)(=O)c5ccn(C)n5)c34)cc21. The maximum absolute atomic E-state index is 12.8. The average molecular weight is 408 g/mol. The van der Waals surface area contributed by atoms with E-state index in [1.807, 2.05) is 6.20 Å². The van der Waals surface area contributed by atoms with Crippen LogP contribution in [0.25, 0.3) is 22.2 Å². The van der Waals surface area contributed by atoms with E-state index in [1.54, 1.807) is 25.5 Å². The van der Waals surface area contributed by atoms with Crippen molar-refractivity contribution in [3.63, 3.8) is 0 Å². The third-order valence-corrected chi connectivity index (χ3v) is 6.56.